The van der Waals surface area contributed by atoms with Crippen molar-refractivity contribution in [2.75, 3.05) is 0 Å². The molecule has 0 fully saturated rings. The van der Waals surface area contributed by atoms with Crippen LogP contribution in [0.15, 0.2) is 83.3 Å². The smallest absolute Gasteiger partial charge is 0.227 e. The van der Waals surface area contributed by atoms with Crippen LogP contribution < -0.4 is 4.74 Å². The van der Waals surface area contributed by atoms with Crippen LogP contribution in [0.1, 0.15) is 5.56 Å². The fraction of sp³-hybridized carbons (Fsp3) is 0.0500. The van der Waals surface area contributed by atoms with Gasteiger partial charge in [0.25, 0.3) is 0 Å². The van der Waals surface area contributed by atoms with E-state index in [4.69, 9.17) is 9.15 Å². The van der Waals surface area contributed by atoms with E-state index in [0.29, 0.717) is 12.5 Å². The Kier molecular flexibility index (Phi) is 3.53. The van der Waals surface area contributed by atoms with Gasteiger partial charge in [-0.1, -0.05) is 48.5 Å². The molecule has 0 amide bonds. The maximum absolute atomic E-state index is 5.86. The van der Waals surface area contributed by atoms with E-state index < -0.39 is 0 Å². The first kappa shape index (κ1) is 13.6. The molecule has 0 aliphatic carbocycles. The van der Waals surface area contributed by atoms with Crippen LogP contribution in [0.5, 0.6) is 5.75 Å². The van der Waals surface area contributed by atoms with Crippen LogP contribution in [0, 0.1) is 0 Å². The minimum Gasteiger partial charge on any atom is -0.489 e. The molecule has 3 heteroatoms. The molecule has 4 rings (SSSR count). The fourth-order valence-corrected chi connectivity index (χ4v) is 2.44. The lowest BCUT2D eigenvalue weighted by atomic mass is 10.2. The van der Waals surface area contributed by atoms with Crippen LogP contribution in [0.25, 0.3) is 22.6 Å². The maximum Gasteiger partial charge on any atom is 0.227 e. The third kappa shape index (κ3) is 2.94. The zero-order chi connectivity index (χ0) is 15.5. The van der Waals surface area contributed by atoms with Gasteiger partial charge in [0, 0.05) is 11.6 Å². The molecule has 1 heterocycles. The number of benzene rings is 3. The van der Waals surface area contributed by atoms with Crippen LogP contribution in [0.3, 0.4) is 0 Å². The highest BCUT2D eigenvalue weighted by molar-refractivity contribution is 5.77. The van der Waals surface area contributed by atoms with Gasteiger partial charge in [0.05, 0.1) is 0 Å². The van der Waals surface area contributed by atoms with Crippen LogP contribution in [0.4, 0.5) is 0 Å². The van der Waals surface area contributed by atoms with Gasteiger partial charge in [0.2, 0.25) is 5.89 Å². The van der Waals surface area contributed by atoms with Gasteiger partial charge in [0.15, 0.2) is 5.58 Å². The van der Waals surface area contributed by atoms with Crippen molar-refractivity contribution >= 4 is 11.1 Å². The molecule has 1 aromatic heterocycles. The summed E-state index contributed by atoms with van der Waals surface area (Å²) in [5, 5.41) is 0. The summed E-state index contributed by atoms with van der Waals surface area (Å²) in [7, 11) is 0. The zero-order valence-electron chi connectivity index (χ0n) is 12.5. The third-order valence-electron chi connectivity index (χ3n) is 3.63. The summed E-state index contributed by atoms with van der Waals surface area (Å²) in [4.78, 5) is 4.52. The lowest BCUT2D eigenvalue weighted by Crippen LogP contribution is -1.94. The van der Waals surface area contributed by atoms with Gasteiger partial charge in [-0.3, -0.25) is 0 Å². The largest absolute Gasteiger partial charge is 0.489 e. The Labute approximate surface area is 134 Å². The number of hydrogen-bond donors (Lipinski definition) is 0. The molecule has 0 saturated heterocycles. The Hall–Kier alpha value is -3.07. The average Bonchev–Trinajstić information content (AvgIpc) is 3.05. The maximum atomic E-state index is 5.86. The van der Waals surface area contributed by atoms with E-state index in [9.17, 15) is 0 Å². The van der Waals surface area contributed by atoms with Crippen LogP contribution >= 0.6 is 0 Å². The van der Waals surface area contributed by atoms with Crippen LogP contribution in [-0.2, 0) is 6.61 Å². The van der Waals surface area contributed by atoms with E-state index in [1.165, 1.54) is 0 Å². The van der Waals surface area contributed by atoms with Crippen molar-refractivity contribution < 1.29 is 9.15 Å². The summed E-state index contributed by atoms with van der Waals surface area (Å²) in [6.07, 6.45) is 0. The topological polar surface area (TPSA) is 35.3 Å². The number of rotatable bonds is 4. The number of nitrogens with zero attached hydrogens (tertiary/aromatic N) is 1. The minimum atomic E-state index is 0.534. The Bertz CT molecular complexity index is 914. The normalized spacial score (nSPS) is 10.8. The predicted octanol–water partition coefficient (Wildman–Crippen LogP) is 5.07. The molecule has 0 aliphatic rings. The van der Waals surface area contributed by atoms with Crippen molar-refractivity contribution in [1.29, 1.82) is 0 Å². The molecule has 0 N–H and O–H groups in total. The van der Waals surface area contributed by atoms with Crippen molar-refractivity contribution in [3.63, 3.8) is 0 Å². The Morgan fingerprint density at radius 2 is 1.57 bits per heavy atom. The van der Waals surface area contributed by atoms with E-state index >= 15 is 0 Å². The summed E-state index contributed by atoms with van der Waals surface area (Å²) < 4.78 is 11.7. The van der Waals surface area contributed by atoms with Crippen LogP contribution in [0.2, 0.25) is 0 Å². The van der Waals surface area contributed by atoms with E-state index in [2.05, 4.69) is 4.98 Å². The summed E-state index contributed by atoms with van der Waals surface area (Å²) >= 11 is 0. The number of hydrogen-bond acceptors (Lipinski definition) is 3. The molecule has 0 radical (unpaired) electrons. The first-order valence-corrected chi connectivity index (χ1v) is 7.51. The SMILES string of the molecule is c1ccc(COc2ccc3nc(-c4ccccc4)oc3c2)cc1. The van der Waals surface area contributed by atoms with Crippen molar-refractivity contribution in [3.05, 3.63) is 84.4 Å². The molecule has 0 atom stereocenters. The van der Waals surface area contributed by atoms with Crippen molar-refractivity contribution in [1.82, 2.24) is 4.98 Å². The van der Waals surface area contributed by atoms with Gasteiger partial charge in [-0.2, -0.15) is 0 Å². The van der Waals surface area contributed by atoms with Gasteiger partial charge in [0.1, 0.15) is 17.9 Å². The van der Waals surface area contributed by atoms with Crippen molar-refractivity contribution in [3.8, 4) is 17.2 Å². The highest BCUT2D eigenvalue weighted by Crippen LogP contribution is 2.27. The Morgan fingerprint density at radius 1 is 0.826 bits per heavy atom. The highest BCUT2D eigenvalue weighted by atomic mass is 16.5. The van der Waals surface area contributed by atoms with Crippen molar-refractivity contribution in [2.24, 2.45) is 0 Å². The second-order valence-electron chi connectivity index (χ2n) is 5.29. The summed E-state index contributed by atoms with van der Waals surface area (Å²) in [5.74, 6) is 1.40. The molecule has 0 aliphatic heterocycles. The molecule has 4 aromatic rings. The first-order valence-electron chi connectivity index (χ1n) is 7.51. The quantitative estimate of drug-likeness (QED) is 0.527. The lowest BCUT2D eigenvalue weighted by molar-refractivity contribution is 0.306. The molecule has 112 valence electrons. The van der Waals surface area contributed by atoms with Gasteiger partial charge in [-0.25, -0.2) is 4.98 Å². The van der Waals surface area contributed by atoms with Gasteiger partial charge in [-0.05, 0) is 29.8 Å². The van der Waals surface area contributed by atoms with E-state index in [-0.39, 0.29) is 0 Å². The van der Waals surface area contributed by atoms with Crippen LogP contribution in [-0.4, -0.2) is 4.98 Å². The molecule has 0 spiro atoms. The first-order chi connectivity index (χ1) is 11.4. The number of fused-ring (bicyclic) bond motifs is 1. The molecule has 3 aromatic carbocycles. The highest BCUT2D eigenvalue weighted by Gasteiger charge is 2.08. The average molecular weight is 301 g/mol. The summed E-state index contributed by atoms with van der Waals surface area (Å²) in [6, 6.07) is 25.7. The van der Waals surface area contributed by atoms with Gasteiger partial charge in [-0.15, -0.1) is 0 Å². The lowest BCUT2D eigenvalue weighted by Gasteiger charge is -2.05. The second-order valence-corrected chi connectivity index (χ2v) is 5.29. The summed E-state index contributed by atoms with van der Waals surface area (Å²) in [6.45, 7) is 0.534. The van der Waals surface area contributed by atoms with E-state index in [1.807, 2.05) is 78.9 Å². The standard InChI is InChI=1S/C20H15NO2/c1-3-7-15(8-4-1)14-22-17-11-12-18-19(13-17)23-20(21-18)16-9-5-2-6-10-16/h1-13H,14H2. The molecule has 0 saturated carbocycles. The number of oxazole rings is 1. The Balaban J connectivity index is 1.58. The van der Waals surface area contributed by atoms with E-state index in [0.717, 1.165) is 28.0 Å². The molecule has 23 heavy (non-hydrogen) atoms. The van der Waals surface area contributed by atoms with Crippen molar-refractivity contribution in [2.45, 2.75) is 6.61 Å². The zero-order valence-corrected chi connectivity index (χ0v) is 12.5. The minimum absolute atomic E-state index is 0.534. The number of ether oxygens (including phenoxy) is 1. The molecule has 3 nitrogen and oxygen atoms in total. The molecular formula is C20H15NO2. The van der Waals surface area contributed by atoms with Gasteiger partial charge >= 0.3 is 0 Å². The number of aromatic nitrogens is 1. The van der Waals surface area contributed by atoms with Gasteiger partial charge < -0.3 is 9.15 Å². The molecular weight excluding hydrogens is 286 g/mol. The molecule has 0 unspecified atom stereocenters. The predicted molar refractivity (Wildman–Crippen MR) is 90.2 cm³/mol. The second kappa shape index (κ2) is 5.97. The monoisotopic (exact) mass is 301 g/mol. The summed E-state index contributed by atoms with van der Waals surface area (Å²) in [5.41, 5.74) is 3.66. The Morgan fingerprint density at radius 3 is 2.35 bits per heavy atom. The fourth-order valence-electron chi connectivity index (χ4n) is 2.44. The van der Waals surface area contributed by atoms with E-state index in [1.54, 1.807) is 0 Å². The molecule has 0 bridgehead atoms. The third-order valence-corrected chi connectivity index (χ3v) is 3.63.